The molecule has 0 spiro atoms. The third kappa shape index (κ3) is 5.21. The highest BCUT2D eigenvalue weighted by Crippen LogP contribution is 1.79. The zero-order valence-corrected chi connectivity index (χ0v) is 4.23. The topological polar surface area (TPSA) is 34.1 Å². The van der Waals surface area contributed by atoms with Gasteiger partial charge in [0.15, 0.2) is 0 Å². The summed E-state index contributed by atoms with van der Waals surface area (Å²) in [5.74, 6) is -0.437. The lowest BCUT2D eigenvalue weighted by atomic mass is 10.2. The van der Waals surface area contributed by atoms with Crippen molar-refractivity contribution in [1.82, 2.24) is 0 Å². The Labute approximate surface area is 42.5 Å². The van der Waals surface area contributed by atoms with E-state index in [9.17, 15) is 9.59 Å². The highest BCUT2D eigenvalue weighted by molar-refractivity contribution is 5.99. The molecule has 0 heterocycles. The van der Waals surface area contributed by atoms with E-state index in [-0.39, 0.29) is 18.0 Å². The van der Waals surface area contributed by atoms with Crippen LogP contribution < -0.4 is 0 Å². The molecule has 0 unspecified atom stereocenters. The Hall–Kier alpha value is -0.790. The molecule has 0 radical (unpaired) electrons. The Morgan fingerprint density at radius 2 is 2.00 bits per heavy atom. The van der Waals surface area contributed by atoms with Crippen LogP contribution in [-0.4, -0.2) is 11.6 Å². The molecular weight excluding hydrogens is 92.1 g/mol. The summed E-state index contributed by atoms with van der Waals surface area (Å²) in [7, 11) is 0. The molecule has 0 amide bonds. The summed E-state index contributed by atoms with van der Waals surface area (Å²) in [4.78, 5) is 19.9. The zero-order chi connectivity index (χ0) is 5.86. The molecule has 0 aliphatic heterocycles. The van der Waals surface area contributed by atoms with Crippen molar-refractivity contribution < 1.29 is 9.59 Å². The molecule has 2 heteroatoms. The maximum absolute atomic E-state index is 9.99. The van der Waals surface area contributed by atoms with Crippen molar-refractivity contribution in [3.63, 3.8) is 0 Å². The largest absolute Gasteiger partial charge is 0.310 e. The van der Waals surface area contributed by atoms with Crippen molar-refractivity contribution in [3.8, 4) is 0 Å². The summed E-state index contributed by atoms with van der Waals surface area (Å²) in [6, 6.07) is 0. The Morgan fingerprint density at radius 3 is 2.00 bits per heavy atom. The standard InChI is InChI=1S/C5H7O2/c1-4(6)3-5(2)7/h1,3H2,2H3/q+1. The van der Waals surface area contributed by atoms with Gasteiger partial charge in [-0.1, -0.05) is 0 Å². The van der Waals surface area contributed by atoms with Gasteiger partial charge in [0.05, 0.1) is 0 Å². The lowest BCUT2D eigenvalue weighted by Crippen LogP contribution is -1.97. The molecule has 0 bridgehead atoms. The molecule has 0 fully saturated rings. The average Bonchev–Trinajstić information content (AvgIpc) is 1.27. The predicted molar refractivity (Wildman–Crippen MR) is 25.7 cm³/mol. The SMILES string of the molecule is [CH2+]C(=O)CC(C)=O. The van der Waals surface area contributed by atoms with E-state index in [0.717, 1.165) is 0 Å². The Kier molecular flexibility index (Phi) is 2.12. The van der Waals surface area contributed by atoms with Gasteiger partial charge in [-0.3, -0.25) is 4.79 Å². The number of carbonyl (C=O) groups is 2. The number of hydrogen-bond donors (Lipinski definition) is 0. The van der Waals surface area contributed by atoms with Gasteiger partial charge < -0.3 is 0 Å². The van der Waals surface area contributed by atoms with Crippen molar-refractivity contribution in [1.29, 1.82) is 0 Å². The first-order valence-corrected chi connectivity index (χ1v) is 1.97. The van der Waals surface area contributed by atoms with Gasteiger partial charge in [0, 0.05) is 0 Å². The first kappa shape index (κ1) is 6.21. The van der Waals surface area contributed by atoms with Gasteiger partial charge in [-0.05, 0) is 6.92 Å². The fraction of sp³-hybridized carbons (Fsp3) is 0.400. The maximum Gasteiger partial charge on any atom is 0.310 e. The van der Waals surface area contributed by atoms with Gasteiger partial charge in [-0.25, -0.2) is 4.79 Å². The number of hydrogen-bond acceptors (Lipinski definition) is 2. The third-order valence-electron chi connectivity index (χ3n) is 0.446. The lowest BCUT2D eigenvalue weighted by molar-refractivity contribution is -0.123. The monoisotopic (exact) mass is 99.0 g/mol. The second-order valence-electron chi connectivity index (χ2n) is 1.42. The van der Waals surface area contributed by atoms with E-state index < -0.39 is 0 Å². The van der Waals surface area contributed by atoms with Crippen LogP contribution in [0.4, 0.5) is 0 Å². The van der Waals surface area contributed by atoms with Crippen LogP contribution in [0, 0.1) is 6.92 Å². The molecule has 0 rings (SSSR count). The number of Topliss-reactive ketones (excluding diaryl/α,β-unsaturated/α-hetero) is 2. The molecule has 0 aliphatic rings. The molecule has 0 aromatic rings. The van der Waals surface area contributed by atoms with Crippen LogP contribution >= 0.6 is 0 Å². The third-order valence-corrected chi connectivity index (χ3v) is 0.446. The summed E-state index contributed by atoms with van der Waals surface area (Å²) in [5, 5.41) is 0. The minimum atomic E-state index is -0.312. The van der Waals surface area contributed by atoms with Crippen LogP contribution in [0.3, 0.4) is 0 Å². The van der Waals surface area contributed by atoms with Crippen LogP contribution in [0.1, 0.15) is 13.3 Å². The lowest BCUT2D eigenvalue weighted by Gasteiger charge is -1.75. The maximum atomic E-state index is 9.99. The zero-order valence-electron chi connectivity index (χ0n) is 4.23. The Balaban J connectivity index is 3.32. The number of ketones is 2. The summed E-state index contributed by atoms with van der Waals surface area (Å²) in [5.41, 5.74) is 0. The van der Waals surface area contributed by atoms with Crippen LogP contribution in [0.5, 0.6) is 0 Å². The van der Waals surface area contributed by atoms with Gasteiger partial charge in [0.25, 0.3) is 0 Å². The molecule has 0 atom stereocenters. The second-order valence-corrected chi connectivity index (χ2v) is 1.42. The van der Waals surface area contributed by atoms with Gasteiger partial charge in [0.2, 0.25) is 0 Å². The molecule has 0 N–H and O–H groups in total. The van der Waals surface area contributed by atoms with Gasteiger partial charge >= 0.3 is 5.78 Å². The quantitative estimate of drug-likeness (QED) is 0.370. The second kappa shape index (κ2) is 2.39. The van der Waals surface area contributed by atoms with E-state index >= 15 is 0 Å². The van der Waals surface area contributed by atoms with E-state index in [4.69, 9.17) is 0 Å². The predicted octanol–water partition coefficient (Wildman–Crippen LogP) is 0.369. The summed E-state index contributed by atoms with van der Waals surface area (Å²) in [6.45, 7) is 4.38. The molecule has 0 aliphatic carbocycles. The van der Waals surface area contributed by atoms with Crippen molar-refractivity contribution in [2.45, 2.75) is 13.3 Å². The number of carbonyl (C=O) groups excluding carboxylic acids is 2. The van der Waals surface area contributed by atoms with E-state index in [0.29, 0.717) is 0 Å². The highest BCUT2D eigenvalue weighted by atomic mass is 16.1. The first-order chi connectivity index (χ1) is 3.13. The van der Waals surface area contributed by atoms with Crippen molar-refractivity contribution in [2.75, 3.05) is 0 Å². The van der Waals surface area contributed by atoms with E-state index in [1.807, 2.05) is 0 Å². The van der Waals surface area contributed by atoms with Crippen molar-refractivity contribution in [2.24, 2.45) is 0 Å². The summed E-state index contributed by atoms with van der Waals surface area (Å²) >= 11 is 0. The number of rotatable bonds is 2. The fourth-order valence-electron chi connectivity index (χ4n) is 0.278. The molecule has 7 heavy (non-hydrogen) atoms. The summed E-state index contributed by atoms with van der Waals surface area (Å²) < 4.78 is 0. The van der Waals surface area contributed by atoms with Crippen molar-refractivity contribution >= 4 is 11.6 Å². The smallest absolute Gasteiger partial charge is 0.299 e. The first-order valence-electron chi connectivity index (χ1n) is 1.97. The van der Waals surface area contributed by atoms with Gasteiger partial charge in [-0.2, -0.15) is 0 Å². The van der Waals surface area contributed by atoms with Crippen molar-refractivity contribution in [3.05, 3.63) is 6.92 Å². The van der Waals surface area contributed by atoms with Crippen LogP contribution in [0.15, 0.2) is 0 Å². The Morgan fingerprint density at radius 1 is 1.57 bits per heavy atom. The van der Waals surface area contributed by atoms with E-state index in [1.165, 1.54) is 6.92 Å². The Bertz CT molecular complexity index is 82.3. The highest BCUT2D eigenvalue weighted by Gasteiger charge is 2.02. The minimum absolute atomic E-state index is 0.0278. The minimum Gasteiger partial charge on any atom is -0.299 e. The van der Waals surface area contributed by atoms with Gasteiger partial charge in [-0.15, -0.1) is 0 Å². The average molecular weight is 99.1 g/mol. The molecule has 2 nitrogen and oxygen atoms in total. The van der Waals surface area contributed by atoms with Crippen LogP contribution in [0.25, 0.3) is 0 Å². The molecule has 0 saturated carbocycles. The normalized spacial score (nSPS) is 8.14. The molecule has 38 valence electrons. The molecular formula is C5H7O2+. The molecule has 0 aromatic carbocycles. The van der Waals surface area contributed by atoms with Gasteiger partial charge in [0.1, 0.15) is 19.1 Å². The molecule has 0 saturated heterocycles. The van der Waals surface area contributed by atoms with E-state index in [1.54, 1.807) is 0 Å². The fourth-order valence-corrected chi connectivity index (χ4v) is 0.278. The summed E-state index contributed by atoms with van der Waals surface area (Å²) in [6.07, 6.45) is -0.0278. The van der Waals surface area contributed by atoms with E-state index in [2.05, 4.69) is 6.92 Å². The molecule has 0 aromatic heterocycles. The van der Waals surface area contributed by atoms with Crippen LogP contribution in [0.2, 0.25) is 0 Å². The van der Waals surface area contributed by atoms with Crippen LogP contribution in [-0.2, 0) is 9.59 Å².